The highest BCUT2D eigenvalue weighted by Crippen LogP contribution is 2.31. The van der Waals surface area contributed by atoms with Crippen molar-refractivity contribution in [3.8, 4) is 0 Å². The fraction of sp³-hybridized carbons (Fsp3) is 0.556. The Labute approximate surface area is 102 Å². The molecule has 0 amide bonds. The van der Waals surface area contributed by atoms with Gasteiger partial charge in [-0.3, -0.25) is 0 Å². The molecule has 0 saturated carbocycles. The van der Waals surface area contributed by atoms with E-state index in [2.05, 4.69) is 33.4 Å². The highest BCUT2D eigenvalue weighted by atomic mass is 79.9. The van der Waals surface area contributed by atoms with Crippen molar-refractivity contribution >= 4 is 44.2 Å². The molecule has 0 bridgehead atoms. The summed E-state index contributed by atoms with van der Waals surface area (Å²) in [6.07, 6.45) is 4.00. The van der Waals surface area contributed by atoms with Crippen molar-refractivity contribution in [3.05, 3.63) is 20.8 Å². The summed E-state index contributed by atoms with van der Waals surface area (Å²) >= 11 is 5.34. The van der Waals surface area contributed by atoms with E-state index in [0.29, 0.717) is 6.04 Å². The molecular weight excluding hydrogens is 314 g/mol. The average Bonchev–Trinajstić information content (AvgIpc) is 2.54. The molecule has 1 aliphatic heterocycles. The first-order valence-electron chi connectivity index (χ1n) is 4.35. The number of rotatable bonds is 1. The van der Waals surface area contributed by atoms with Gasteiger partial charge in [0.1, 0.15) is 0 Å². The van der Waals surface area contributed by atoms with E-state index < -0.39 is 0 Å². The zero-order chi connectivity index (χ0) is 8.39. The smallest absolute Gasteiger partial charge is 0.0701 e. The van der Waals surface area contributed by atoms with Gasteiger partial charge in [0.05, 0.1) is 3.79 Å². The second-order valence-electron chi connectivity index (χ2n) is 3.14. The molecule has 1 aromatic heterocycles. The molecule has 0 radical (unpaired) electrons. The molecule has 74 valence electrons. The topological polar surface area (TPSA) is 12.0 Å². The molecule has 1 N–H and O–H groups in total. The van der Waals surface area contributed by atoms with Crippen molar-refractivity contribution in [1.29, 1.82) is 0 Å². The maximum Gasteiger partial charge on any atom is 0.0701 e. The van der Waals surface area contributed by atoms with Crippen molar-refractivity contribution in [3.63, 3.8) is 0 Å². The minimum atomic E-state index is 0. The summed E-state index contributed by atoms with van der Waals surface area (Å²) in [5.74, 6) is 0. The van der Waals surface area contributed by atoms with Gasteiger partial charge in [-0.2, -0.15) is 0 Å². The summed E-state index contributed by atoms with van der Waals surface area (Å²) in [5, 5.41) is 3.54. The van der Waals surface area contributed by atoms with E-state index >= 15 is 0 Å². The highest BCUT2D eigenvalue weighted by Gasteiger charge is 2.15. The third kappa shape index (κ3) is 3.05. The Kier molecular flexibility index (Phi) is 4.94. The number of piperidine rings is 1. The molecular formula is C9H13Br2NS. The molecule has 0 aromatic carbocycles. The van der Waals surface area contributed by atoms with Crippen LogP contribution in [0.2, 0.25) is 0 Å². The number of hydrogen-bond donors (Lipinski definition) is 1. The first kappa shape index (κ1) is 11.7. The average molecular weight is 327 g/mol. The van der Waals surface area contributed by atoms with Crippen molar-refractivity contribution in [1.82, 2.24) is 5.32 Å². The van der Waals surface area contributed by atoms with E-state index in [1.807, 2.05) is 11.3 Å². The van der Waals surface area contributed by atoms with Crippen LogP contribution < -0.4 is 5.32 Å². The normalized spacial score (nSPS) is 22.4. The Bertz CT molecular complexity index is 256. The Morgan fingerprint density at radius 2 is 2.23 bits per heavy atom. The van der Waals surface area contributed by atoms with E-state index in [-0.39, 0.29) is 17.0 Å². The SMILES string of the molecule is Br.Brc1ccc(C2CCCCN2)s1. The van der Waals surface area contributed by atoms with Gasteiger partial charge in [-0.05, 0) is 47.4 Å². The van der Waals surface area contributed by atoms with E-state index in [1.165, 1.54) is 34.5 Å². The zero-order valence-electron chi connectivity index (χ0n) is 7.25. The molecule has 1 saturated heterocycles. The second-order valence-corrected chi connectivity index (χ2v) is 5.64. The van der Waals surface area contributed by atoms with Gasteiger partial charge in [0.25, 0.3) is 0 Å². The van der Waals surface area contributed by atoms with Crippen LogP contribution in [0, 0.1) is 0 Å². The van der Waals surface area contributed by atoms with Crippen LogP contribution in [-0.4, -0.2) is 6.54 Å². The summed E-state index contributed by atoms with van der Waals surface area (Å²) in [6.45, 7) is 1.18. The zero-order valence-corrected chi connectivity index (χ0v) is 11.4. The van der Waals surface area contributed by atoms with E-state index in [0.717, 1.165) is 0 Å². The van der Waals surface area contributed by atoms with E-state index in [1.54, 1.807) is 0 Å². The van der Waals surface area contributed by atoms with E-state index in [9.17, 15) is 0 Å². The quantitative estimate of drug-likeness (QED) is 0.825. The van der Waals surface area contributed by atoms with Gasteiger partial charge in [0, 0.05) is 10.9 Å². The van der Waals surface area contributed by atoms with Gasteiger partial charge >= 0.3 is 0 Å². The van der Waals surface area contributed by atoms with Gasteiger partial charge in [0.15, 0.2) is 0 Å². The largest absolute Gasteiger partial charge is 0.309 e. The maximum absolute atomic E-state index is 3.54. The lowest BCUT2D eigenvalue weighted by molar-refractivity contribution is 0.417. The summed E-state index contributed by atoms with van der Waals surface area (Å²) in [4.78, 5) is 1.47. The van der Waals surface area contributed by atoms with Crippen molar-refractivity contribution in [2.24, 2.45) is 0 Å². The van der Waals surface area contributed by atoms with Crippen LogP contribution in [0.4, 0.5) is 0 Å². The fourth-order valence-electron chi connectivity index (χ4n) is 1.61. The van der Waals surface area contributed by atoms with Gasteiger partial charge < -0.3 is 5.32 Å². The Hall–Kier alpha value is 0.620. The predicted molar refractivity (Wildman–Crippen MR) is 66.9 cm³/mol. The first-order valence-corrected chi connectivity index (χ1v) is 5.96. The number of halogens is 2. The molecule has 13 heavy (non-hydrogen) atoms. The molecule has 0 aliphatic carbocycles. The summed E-state index contributed by atoms with van der Waals surface area (Å²) in [5.41, 5.74) is 0. The molecule has 1 aromatic rings. The maximum atomic E-state index is 3.54. The molecule has 1 unspecified atom stereocenters. The number of nitrogens with one attached hydrogen (secondary N) is 1. The van der Waals surface area contributed by atoms with Gasteiger partial charge in [-0.15, -0.1) is 28.3 Å². The van der Waals surface area contributed by atoms with Gasteiger partial charge in [-0.25, -0.2) is 0 Å². The Balaban J connectivity index is 0.000000845. The molecule has 2 rings (SSSR count). The molecule has 1 fully saturated rings. The molecule has 1 atom stereocenters. The lowest BCUT2D eigenvalue weighted by atomic mass is 10.0. The lowest BCUT2D eigenvalue weighted by Gasteiger charge is -2.21. The van der Waals surface area contributed by atoms with Crippen LogP contribution >= 0.6 is 44.2 Å². The minimum absolute atomic E-state index is 0. The predicted octanol–water partition coefficient (Wildman–Crippen LogP) is 3.90. The van der Waals surface area contributed by atoms with Crippen molar-refractivity contribution in [2.75, 3.05) is 6.54 Å². The molecule has 1 aliphatic rings. The van der Waals surface area contributed by atoms with Crippen molar-refractivity contribution in [2.45, 2.75) is 25.3 Å². The monoisotopic (exact) mass is 325 g/mol. The number of hydrogen-bond acceptors (Lipinski definition) is 2. The summed E-state index contributed by atoms with van der Waals surface area (Å²) in [6, 6.07) is 4.98. The third-order valence-corrected chi connectivity index (χ3v) is 3.99. The first-order chi connectivity index (χ1) is 5.86. The second kappa shape index (κ2) is 5.49. The van der Waals surface area contributed by atoms with Crippen LogP contribution in [-0.2, 0) is 0 Å². The van der Waals surface area contributed by atoms with Crippen molar-refractivity contribution < 1.29 is 0 Å². The van der Waals surface area contributed by atoms with Crippen LogP contribution in [0.25, 0.3) is 0 Å². The van der Waals surface area contributed by atoms with Crippen LogP contribution in [0.3, 0.4) is 0 Å². The molecule has 4 heteroatoms. The van der Waals surface area contributed by atoms with Crippen LogP contribution in [0.5, 0.6) is 0 Å². The lowest BCUT2D eigenvalue weighted by Crippen LogP contribution is -2.25. The van der Waals surface area contributed by atoms with Gasteiger partial charge in [-0.1, -0.05) is 6.42 Å². The molecule has 0 spiro atoms. The van der Waals surface area contributed by atoms with Gasteiger partial charge in [0.2, 0.25) is 0 Å². The van der Waals surface area contributed by atoms with E-state index in [4.69, 9.17) is 0 Å². The highest BCUT2D eigenvalue weighted by molar-refractivity contribution is 9.11. The number of thiophene rings is 1. The fourth-order valence-corrected chi connectivity index (χ4v) is 3.14. The van der Waals surface area contributed by atoms with Crippen LogP contribution in [0.1, 0.15) is 30.2 Å². The van der Waals surface area contributed by atoms with Crippen LogP contribution in [0.15, 0.2) is 15.9 Å². The summed E-state index contributed by atoms with van der Waals surface area (Å²) in [7, 11) is 0. The minimum Gasteiger partial charge on any atom is -0.309 e. The standard InChI is InChI=1S/C9H12BrNS.BrH/c10-9-5-4-8(12-9)7-3-1-2-6-11-7;/h4-5,7,11H,1-3,6H2;1H. The Morgan fingerprint density at radius 1 is 1.38 bits per heavy atom. The Morgan fingerprint density at radius 3 is 2.77 bits per heavy atom. The third-order valence-electron chi connectivity index (χ3n) is 2.25. The molecule has 2 heterocycles. The summed E-state index contributed by atoms with van der Waals surface area (Å²) < 4.78 is 1.24. The molecule has 1 nitrogen and oxygen atoms in total.